The lowest BCUT2D eigenvalue weighted by Gasteiger charge is -2.35. The van der Waals surface area contributed by atoms with Gasteiger partial charge in [-0.15, -0.1) is 0 Å². The molecule has 0 saturated heterocycles. The van der Waals surface area contributed by atoms with Crippen LogP contribution in [0.2, 0.25) is 0 Å². The van der Waals surface area contributed by atoms with Gasteiger partial charge >= 0.3 is 0 Å². The van der Waals surface area contributed by atoms with Crippen molar-refractivity contribution in [1.82, 2.24) is 0 Å². The summed E-state index contributed by atoms with van der Waals surface area (Å²) < 4.78 is 0. The Balaban J connectivity index is 1.06. The molecule has 2 aliphatic carbocycles. The molecule has 3 heteroatoms. The molecule has 0 saturated carbocycles. The minimum absolute atomic E-state index is 0.0908. The summed E-state index contributed by atoms with van der Waals surface area (Å²) in [6, 6.07) is 83.3. The van der Waals surface area contributed by atoms with E-state index in [2.05, 4.69) is 211 Å². The van der Waals surface area contributed by atoms with E-state index in [1.807, 2.05) is 24.3 Å². The van der Waals surface area contributed by atoms with Crippen LogP contribution >= 0.6 is 0 Å². The molecule has 1 unspecified atom stereocenters. The minimum atomic E-state index is -0.770. The second kappa shape index (κ2) is 14.5. The molecule has 0 aromatic heterocycles. The second-order valence-electron chi connectivity index (χ2n) is 18.8. The first kappa shape index (κ1) is 38.8. The van der Waals surface area contributed by atoms with Crippen molar-refractivity contribution in [2.75, 3.05) is 11.4 Å². The van der Waals surface area contributed by atoms with E-state index >= 15 is 4.79 Å². The molecule has 4 aliphatic rings. The number of hydrogen-bond acceptors (Lipinski definition) is 3. The molecule has 320 valence electrons. The molecule has 14 rings (SSSR count). The third kappa shape index (κ3) is 5.08. The van der Waals surface area contributed by atoms with E-state index in [0.29, 0.717) is 24.1 Å². The zero-order chi connectivity index (χ0) is 45.1. The maximum atomic E-state index is 15.2. The molecule has 0 radical (unpaired) electrons. The van der Waals surface area contributed by atoms with Crippen LogP contribution in [0.1, 0.15) is 71.6 Å². The van der Waals surface area contributed by atoms with E-state index in [-0.39, 0.29) is 11.6 Å². The molecule has 3 nitrogen and oxygen atoms in total. The van der Waals surface area contributed by atoms with Crippen LogP contribution in [0.3, 0.4) is 0 Å². The highest BCUT2D eigenvalue weighted by Gasteiger charge is 2.52. The fraction of sp³-hybridized carbons (Fsp3) is 0.0769. The number of rotatable bonds is 5. The SMILES string of the molecule is O=C1c2ccc3ccccc3c2N2CCC1C(=O)c1c(-c3ccc4c(c3)C(c3ccccc3)(c3ccccc3)c3cc5c(cc3-4)C(c3ccccc3)(c3ccccc3)c3ccccc3-5)cccc12. The second-order valence-corrected chi connectivity index (χ2v) is 18.8. The van der Waals surface area contributed by atoms with Crippen LogP contribution in [0.25, 0.3) is 44.2 Å². The molecule has 1 atom stereocenters. The van der Waals surface area contributed by atoms with E-state index in [0.717, 1.165) is 44.4 Å². The zero-order valence-corrected chi connectivity index (χ0v) is 37.2. The Morgan fingerprint density at radius 1 is 0.382 bits per heavy atom. The highest BCUT2D eigenvalue weighted by Crippen LogP contribution is 2.63. The first-order valence-corrected chi connectivity index (χ1v) is 23.8. The first-order valence-electron chi connectivity index (χ1n) is 23.8. The highest BCUT2D eigenvalue weighted by molar-refractivity contribution is 6.26. The lowest BCUT2D eigenvalue weighted by atomic mass is 9.66. The van der Waals surface area contributed by atoms with Gasteiger partial charge in [-0.05, 0) is 120 Å². The van der Waals surface area contributed by atoms with Crippen molar-refractivity contribution < 1.29 is 9.59 Å². The molecule has 2 heterocycles. The molecule has 10 aromatic carbocycles. The summed E-state index contributed by atoms with van der Waals surface area (Å²) in [4.78, 5) is 32.0. The van der Waals surface area contributed by atoms with E-state index < -0.39 is 16.7 Å². The van der Waals surface area contributed by atoms with Crippen LogP contribution < -0.4 is 4.90 Å². The number of Topliss-reactive ketones (excluding diaryl/α,β-unsaturated/α-hetero) is 2. The fourth-order valence-electron chi connectivity index (χ4n) is 13.0. The van der Waals surface area contributed by atoms with Gasteiger partial charge in [0.1, 0.15) is 0 Å². The molecule has 2 bridgehead atoms. The summed E-state index contributed by atoms with van der Waals surface area (Å²) in [5.41, 5.74) is 18.1. The summed E-state index contributed by atoms with van der Waals surface area (Å²) >= 11 is 0. The van der Waals surface area contributed by atoms with Gasteiger partial charge in [-0.3, -0.25) is 9.59 Å². The van der Waals surface area contributed by atoms with Crippen molar-refractivity contribution in [3.8, 4) is 33.4 Å². The number of benzene rings is 10. The molecule has 68 heavy (non-hydrogen) atoms. The van der Waals surface area contributed by atoms with Gasteiger partial charge < -0.3 is 4.90 Å². The van der Waals surface area contributed by atoms with Crippen molar-refractivity contribution in [3.05, 3.63) is 286 Å². The van der Waals surface area contributed by atoms with Gasteiger partial charge in [0.15, 0.2) is 11.6 Å². The van der Waals surface area contributed by atoms with E-state index in [9.17, 15) is 4.79 Å². The summed E-state index contributed by atoms with van der Waals surface area (Å²) in [7, 11) is 0. The molecular weight excluding hydrogens is 827 g/mol. The van der Waals surface area contributed by atoms with Gasteiger partial charge in [-0.25, -0.2) is 0 Å². The number of carbonyl (C=O) groups is 2. The monoisotopic (exact) mass is 869 g/mol. The van der Waals surface area contributed by atoms with Crippen molar-refractivity contribution in [1.29, 1.82) is 0 Å². The smallest absolute Gasteiger partial charge is 0.176 e. The van der Waals surface area contributed by atoms with Gasteiger partial charge in [0.25, 0.3) is 0 Å². The maximum absolute atomic E-state index is 15.2. The van der Waals surface area contributed by atoms with Crippen molar-refractivity contribution >= 4 is 33.7 Å². The number of hydrogen-bond donors (Lipinski definition) is 0. The summed E-state index contributed by atoms with van der Waals surface area (Å²) in [6.45, 7) is 0.575. The van der Waals surface area contributed by atoms with E-state index in [1.54, 1.807) is 0 Å². The fourth-order valence-corrected chi connectivity index (χ4v) is 13.0. The largest absolute Gasteiger partial charge is 0.340 e. The molecule has 0 N–H and O–H groups in total. The highest BCUT2D eigenvalue weighted by atomic mass is 16.2. The predicted molar refractivity (Wildman–Crippen MR) is 274 cm³/mol. The van der Waals surface area contributed by atoms with Gasteiger partial charge in [-0.1, -0.05) is 200 Å². The quantitative estimate of drug-likeness (QED) is 0.162. The normalized spacial score (nSPS) is 16.5. The standard InChI is InChI=1S/C65H43NO2/c67-62-51-35-32-41-18-13-14-27-48(41)61(51)66-37-36-52(62)63(68)60-47(29-17-31-59(60)66)42-33-34-50-54-40-57-53(39-58(54)65(56(50)38-42,45-23-9-3-10-24-45)46-25-11-4-12-26-46)49-28-15-16-30-55(49)64(57,43-19-5-1-6-20-43)44-21-7-2-8-22-44/h1-35,38-40,52H,36-37H2. The average molecular weight is 870 g/mol. The van der Waals surface area contributed by atoms with Crippen molar-refractivity contribution in [2.45, 2.75) is 17.3 Å². The van der Waals surface area contributed by atoms with E-state index in [4.69, 9.17) is 0 Å². The summed E-state index contributed by atoms with van der Waals surface area (Å²) in [6.07, 6.45) is 0.459. The van der Waals surface area contributed by atoms with Crippen LogP contribution in [-0.2, 0) is 10.8 Å². The first-order chi connectivity index (χ1) is 33.6. The molecule has 10 aromatic rings. The van der Waals surface area contributed by atoms with Crippen LogP contribution in [0, 0.1) is 5.92 Å². The topological polar surface area (TPSA) is 37.4 Å². The van der Waals surface area contributed by atoms with E-state index in [1.165, 1.54) is 55.6 Å². The molecular formula is C65H43NO2. The van der Waals surface area contributed by atoms with Gasteiger partial charge in [0, 0.05) is 23.1 Å². The van der Waals surface area contributed by atoms with Gasteiger partial charge in [0.2, 0.25) is 0 Å². The van der Waals surface area contributed by atoms with Crippen LogP contribution in [0.15, 0.2) is 231 Å². The lowest BCUT2D eigenvalue weighted by molar-refractivity contribution is 0.0807. The maximum Gasteiger partial charge on any atom is 0.176 e. The Bertz CT molecular complexity index is 3650. The summed E-state index contributed by atoms with van der Waals surface area (Å²) in [5, 5.41) is 2.09. The number of ketones is 2. The Morgan fingerprint density at radius 3 is 1.51 bits per heavy atom. The minimum Gasteiger partial charge on any atom is -0.340 e. The van der Waals surface area contributed by atoms with Crippen LogP contribution in [0.4, 0.5) is 11.4 Å². The summed E-state index contributed by atoms with van der Waals surface area (Å²) in [5.74, 6) is -0.961. The predicted octanol–water partition coefficient (Wildman–Crippen LogP) is 14.8. The number of carbonyl (C=O) groups excluding carboxylic acids is 2. The van der Waals surface area contributed by atoms with Gasteiger partial charge in [-0.2, -0.15) is 0 Å². The lowest BCUT2D eigenvalue weighted by Crippen LogP contribution is -2.30. The molecule has 0 amide bonds. The number of nitrogens with zero attached hydrogens (tertiary/aromatic N) is 1. The average Bonchev–Trinajstić information content (AvgIpc) is 3.73. The zero-order valence-electron chi connectivity index (χ0n) is 37.2. The Labute approximate surface area is 395 Å². The Morgan fingerprint density at radius 2 is 0.882 bits per heavy atom. The van der Waals surface area contributed by atoms with Crippen molar-refractivity contribution in [2.24, 2.45) is 5.92 Å². The third-order valence-electron chi connectivity index (χ3n) is 15.7. The third-order valence-corrected chi connectivity index (χ3v) is 15.7. The van der Waals surface area contributed by atoms with Gasteiger partial charge in [0.05, 0.1) is 28.1 Å². The molecule has 0 spiro atoms. The van der Waals surface area contributed by atoms with Crippen LogP contribution in [-0.4, -0.2) is 18.1 Å². The molecule has 0 fully saturated rings. The van der Waals surface area contributed by atoms with Crippen LogP contribution in [0.5, 0.6) is 0 Å². The molecule has 2 aliphatic heterocycles. The Hall–Kier alpha value is -8.40. The Kier molecular flexibility index (Phi) is 8.31. The number of anilines is 2. The van der Waals surface area contributed by atoms with Crippen molar-refractivity contribution in [3.63, 3.8) is 0 Å². The number of fused-ring (bicyclic) bond motifs is 15.